The summed E-state index contributed by atoms with van der Waals surface area (Å²) in [6.07, 6.45) is -0.0284. The summed E-state index contributed by atoms with van der Waals surface area (Å²) in [4.78, 5) is 10.9. The molecule has 0 amide bonds. The molecule has 0 saturated carbocycles. The van der Waals surface area contributed by atoms with Crippen LogP contribution in [-0.2, 0) is 19.6 Å². The number of benzene rings is 1. The van der Waals surface area contributed by atoms with Crippen molar-refractivity contribution in [1.29, 1.82) is 0 Å². The third kappa shape index (κ3) is 3.42. The molecule has 2 rings (SSSR count). The number of hydrogen-bond acceptors (Lipinski definition) is 4. The minimum Gasteiger partial charge on any atom is -0.480 e. The highest BCUT2D eigenvalue weighted by atomic mass is 79.9. The van der Waals surface area contributed by atoms with E-state index in [0.29, 0.717) is 4.47 Å². The van der Waals surface area contributed by atoms with Gasteiger partial charge in [0.1, 0.15) is 16.3 Å². The highest BCUT2D eigenvalue weighted by Crippen LogP contribution is 2.26. The average Bonchev–Trinajstić information content (AvgIpc) is 2.38. The van der Waals surface area contributed by atoms with Crippen molar-refractivity contribution in [2.75, 3.05) is 13.2 Å². The van der Waals surface area contributed by atoms with E-state index < -0.39 is 32.2 Å². The lowest BCUT2D eigenvalue weighted by atomic mass is 9.92. The Morgan fingerprint density at radius 2 is 2.00 bits per heavy atom. The van der Waals surface area contributed by atoms with E-state index in [1.54, 1.807) is 0 Å². The Kier molecular flexibility index (Phi) is 4.66. The first kappa shape index (κ1) is 16.3. The summed E-state index contributed by atoms with van der Waals surface area (Å²) in [5.74, 6) is -2.25. The summed E-state index contributed by atoms with van der Waals surface area (Å²) in [6, 6.07) is 3.46. The molecule has 1 saturated heterocycles. The number of ether oxygens (including phenoxy) is 1. The number of rotatable bonds is 4. The molecule has 1 heterocycles. The summed E-state index contributed by atoms with van der Waals surface area (Å²) in [6.45, 7) is 0.245. The predicted molar refractivity (Wildman–Crippen MR) is 74.8 cm³/mol. The largest absolute Gasteiger partial charge is 0.480 e. The van der Waals surface area contributed by atoms with Gasteiger partial charge in [0.2, 0.25) is 10.0 Å². The third-order valence-corrected chi connectivity index (χ3v) is 5.33. The molecule has 1 aromatic rings. The summed E-state index contributed by atoms with van der Waals surface area (Å²) in [5.41, 5.74) is -1.67. The van der Waals surface area contributed by atoms with Gasteiger partial charge in [-0.05, 0) is 18.2 Å². The van der Waals surface area contributed by atoms with Crippen LogP contribution in [0.5, 0.6) is 0 Å². The third-order valence-electron chi connectivity index (χ3n) is 3.27. The number of aliphatic carboxylic acids is 1. The van der Waals surface area contributed by atoms with E-state index in [9.17, 15) is 22.7 Å². The first-order valence-electron chi connectivity index (χ1n) is 6.07. The molecular weight excluding hydrogens is 369 g/mol. The molecule has 0 spiro atoms. The topological polar surface area (TPSA) is 92.7 Å². The van der Waals surface area contributed by atoms with Crippen LogP contribution >= 0.6 is 15.9 Å². The van der Waals surface area contributed by atoms with E-state index >= 15 is 0 Å². The Labute approximate surface area is 129 Å². The van der Waals surface area contributed by atoms with Crippen molar-refractivity contribution in [2.45, 2.75) is 23.3 Å². The number of nitrogens with one attached hydrogen (secondary N) is 1. The lowest BCUT2D eigenvalue weighted by Crippen LogP contribution is -2.57. The van der Waals surface area contributed by atoms with Crippen molar-refractivity contribution in [1.82, 2.24) is 4.72 Å². The molecule has 1 aliphatic heterocycles. The van der Waals surface area contributed by atoms with Gasteiger partial charge in [-0.15, -0.1) is 0 Å². The quantitative estimate of drug-likeness (QED) is 0.824. The van der Waals surface area contributed by atoms with Gasteiger partial charge in [0.25, 0.3) is 0 Å². The van der Waals surface area contributed by atoms with Crippen LogP contribution < -0.4 is 4.72 Å². The predicted octanol–water partition coefficient (Wildman–Crippen LogP) is 1.50. The number of carbonyl (C=O) groups is 1. The van der Waals surface area contributed by atoms with Gasteiger partial charge >= 0.3 is 5.97 Å². The fraction of sp³-hybridized carbons (Fsp3) is 0.417. The molecule has 116 valence electrons. The second-order valence-electron chi connectivity index (χ2n) is 4.68. The molecule has 0 radical (unpaired) electrons. The number of hydrogen-bond donors (Lipinski definition) is 2. The van der Waals surface area contributed by atoms with Crippen LogP contribution in [0.3, 0.4) is 0 Å². The average molecular weight is 382 g/mol. The highest BCUT2D eigenvalue weighted by molar-refractivity contribution is 9.10. The van der Waals surface area contributed by atoms with Crippen LogP contribution in [0.1, 0.15) is 12.8 Å². The zero-order valence-corrected chi connectivity index (χ0v) is 13.2. The molecule has 0 aromatic heterocycles. The van der Waals surface area contributed by atoms with Gasteiger partial charge in [-0.2, -0.15) is 4.72 Å². The molecule has 1 aromatic carbocycles. The van der Waals surface area contributed by atoms with E-state index in [0.717, 1.165) is 12.1 Å². The summed E-state index contributed by atoms with van der Waals surface area (Å²) in [7, 11) is -4.29. The van der Waals surface area contributed by atoms with Crippen molar-refractivity contribution in [2.24, 2.45) is 0 Å². The number of carboxylic acids is 1. The van der Waals surface area contributed by atoms with E-state index in [-0.39, 0.29) is 26.1 Å². The first-order valence-corrected chi connectivity index (χ1v) is 8.35. The van der Waals surface area contributed by atoms with Crippen LogP contribution in [0.4, 0.5) is 4.39 Å². The fourth-order valence-corrected chi connectivity index (χ4v) is 3.90. The van der Waals surface area contributed by atoms with Gasteiger partial charge in [0.05, 0.1) is 0 Å². The molecule has 0 unspecified atom stereocenters. The monoisotopic (exact) mass is 381 g/mol. The fourth-order valence-electron chi connectivity index (χ4n) is 2.08. The maximum absolute atomic E-state index is 13.8. The molecule has 0 bridgehead atoms. The van der Waals surface area contributed by atoms with Crippen LogP contribution in [0.2, 0.25) is 0 Å². The first-order chi connectivity index (χ1) is 9.77. The molecular formula is C12H13BrFNO5S. The van der Waals surface area contributed by atoms with E-state index in [1.165, 1.54) is 6.07 Å². The van der Waals surface area contributed by atoms with E-state index in [1.807, 2.05) is 0 Å². The van der Waals surface area contributed by atoms with Gasteiger partial charge < -0.3 is 9.84 Å². The molecule has 0 atom stereocenters. The van der Waals surface area contributed by atoms with Gasteiger partial charge in [-0.1, -0.05) is 15.9 Å². The lowest BCUT2D eigenvalue weighted by molar-refractivity contribution is -0.147. The SMILES string of the molecule is O=C(O)C1(NS(=O)(=O)c2ccc(Br)cc2F)CCOCC1. The van der Waals surface area contributed by atoms with Gasteiger partial charge in [0.15, 0.2) is 0 Å². The number of sulfonamides is 1. The minimum absolute atomic E-state index is 0.0142. The van der Waals surface area contributed by atoms with Crippen molar-refractivity contribution in [3.05, 3.63) is 28.5 Å². The lowest BCUT2D eigenvalue weighted by Gasteiger charge is -2.33. The molecule has 1 aliphatic rings. The molecule has 2 N–H and O–H groups in total. The molecule has 0 aliphatic carbocycles. The van der Waals surface area contributed by atoms with E-state index in [2.05, 4.69) is 20.7 Å². The Hall–Kier alpha value is -1.03. The Bertz CT molecular complexity index is 658. The second-order valence-corrected chi connectivity index (χ2v) is 7.25. The summed E-state index contributed by atoms with van der Waals surface area (Å²) in [5, 5.41) is 9.33. The molecule has 1 fully saturated rings. The van der Waals surface area contributed by atoms with Crippen molar-refractivity contribution < 1.29 is 27.4 Å². The summed E-state index contributed by atoms with van der Waals surface area (Å²) < 4.78 is 45.9. The Morgan fingerprint density at radius 3 is 2.52 bits per heavy atom. The summed E-state index contributed by atoms with van der Waals surface area (Å²) >= 11 is 3.03. The van der Waals surface area contributed by atoms with Crippen LogP contribution in [0.15, 0.2) is 27.6 Å². The van der Waals surface area contributed by atoms with Crippen LogP contribution in [0.25, 0.3) is 0 Å². The zero-order chi connectivity index (χ0) is 15.7. The van der Waals surface area contributed by atoms with Crippen LogP contribution in [0, 0.1) is 5.82 Å². The maximum atomic E-state index is 13.8. The molecule has 9 heteroatoms. The normalized spacial score (nSPS) is 18.4. The molecule has 6 nitrogen and oxygen atoms in total. The second kappa shape index (κ2) is 5.99. The van der Waals surface area contributed by atoms with Gasteiger partial charge in [-0.25, -0.2) is 12.8 Å². The van der Waals surface area contributed by atoms with Gasteiger partial charge in [0, 0.05) is 30.5 Å². The Balaban J connectivity index is 2.37. The standard InChI is InChI=1S/C12H13BrFNO5S/c13-8-1-2-10(9(14)7-8)21(18,19)15-12(11(16)17)3-5-20-6-4-12/h1-2,7,15H,3-6H2,(H,16,17). The highest BCUT2D eigenvalue weighted by Gasteiger charge is 2.44. The zero-order valence-electron chi connectivity index (χ0n) is 10.8. The van der Waals surface area contributed by atoms with Crippen molar-refractivity contribution in [3.8, 4) is 0 Å². The minimum atomic E-state index is -4.29. The Morgan fingerprint density at radius 1 is 1.38 bits per heavy atom. The maximum Gasteiger partial charge on any atom is 0.325 e. The van der Waals surface area contributed by atoms with Crippen molar-refractivity contribution in [3.63, 3.8) is 0 Å². The molecule has 21 heavy (non-hydrogen) atoms. The van der Waals surface area contributed by atoms with Crippen molar-refractivity contribution >= 4 is 31.9 Å². The van der Waals surface area contributed by atoms with E-state index in [4.69, 9.17) is 4.74 Å². The smallest absolute Gasteiger partial charge is 0.325 e. The van der Waals surface area contributed by atoms with Crippen LogP contribution in [-0.4, -0.2) is 38.2 Å². The van der Waals surface area contributed by atoms with Gasteiger partial charge in [-0.3, -0.25) is 4.79 Å². The number of carboxylic acid groups (broad SMARTS) is 1. The number of halogens is 2.